The van der Waals surface area contributed by atoms with Gasteiger partial charge in [-0.05, 0) is 17.2 Å². The summed E-state index contributed by atoms with van der Waals surface area (Å²) in [6.07, 6.45) is 0. The van der Waals surface area contributed by atoms with E-state index in [2.05, 4.69) is 17.4 Å². The number of rotatable bonds is 11. The van der Waals surface area contributed by atoms with E-state index in [0.717, 1.165) is 17.1 Å². The fourth-order valence-corrected chi connectivity index (χ4v) is 3.93. The summed E-state index contributed by atoms with van der Waals surface area (Å²) < 4.78 is 4.98. The van der Waals surface area contributed by atoms with E-state index in [1.807, 2.05) is 18.2 Å². The molecule has 0 bridgehead atoms. The Morgan fingerprint density at radius 3 is 2.56 bits per heavy atom. The number of amides is 1. The Kier molecular flexibility index (Phi) is 9.00. The number of nitrogens with one attached hydrogen (secondary N) is 1. The van der Waals surface area contributed by atoms with Crippen molar-refractivity contribution in [1.29, 1.82) is 0 Å². The zero-order valence-electron chi connectivity index (χ0n) is 15.1. The standard InChI is InChI=1S/C19H22N2O4S2/c1-25-18-8-7-16(11-17(18)21(23)24)13-27-14-19(22)20-9-10-26-12-15-5-3-2-4-6-15/h2-8,11H,9-10,12-14H2,1H3,(H,20,22). The van der Waals surface area contributed by atoms with Crippen LogP contribution in [-0.4, -0.2) is 36.0 Å². The third-order valence-corrected chi connectivity index (χ3v) is 5.66. The number of thioether (sulfide) groups is 2. The van der Waals surface area contributed by atoms with Crippen LogP contribution in [0.25, 0.3) is 0 Å². The molecule has 0 aliphatic heterocycles. The molecule has 0 heterocycles. The highest BCUT2D eigenvalue weighted by molar-refractivity contribution is 7.99. The fraction of sp³-hybridized carbons (Fsp3) is 0.316. The number of benzene rings is 2. The van der Waals surface area contributed by atoms with Crippen molar-refractivity contribution >= 4 is 35.1 Å². The van der Waals surface area contributed by atoms with Gasteiger partial charge in [-0.25, -0.2) is 0 Å². The van der Waals surface area contributed by atoms with Gasteiger partial charge in [-0.15, -0.1) is 11.8 Å². The van der Waals surface area contributed by atoms with E-state index >= 15 is 0 Å². The van der Waals surface area contributed by atoms with Crippen LogP contribution in [-0.2, 0) is 16.3 Å². The van der Waals surface area contributed by atoms with Crippen LogP contribution in [0.4, 0.5) is 5.69 Å². The summed E-state index contributed by atoms with van der Waals surface area (Å²) >= 11 is 3.21. The Morgan fingerprint density at radius 2 is 1.85 bits per heavy atom. The summed E-state index contributed by atoms with van der Waals surface area (Å²) in [5.41, 5.74) is 2.01. The van der Waals surface area contributed by atoms with Gasteiger partial charge in [0.25, 0.3) is 0 Å². The second-order valence-electron chi connectivity index (χ2n) is 5.64. The summed E-state index contributed by atoms with van der Waals surface area (Å²) in [6, 6.07) is 15.1. The molecule has 1 amide bonds. The predicted octanol–water partition coefficient (Wildman–Crippen LogP) is 3.89. The Bertz CT molecular complexity index is 757. The topological polar surface area (TPSA) is 81.5 Å². The van der Waals surface area contributed by atoms with Gasteiger partial charge in [-0.1, -0.05) is 36.4 Å². The van der Waals surface area contributed by atoms with Crippen LogP contribution in [0.1, 0.15) is 11.1 Å². The number of nitro groups is 1. The number of nitrogens with zero attached hydrogens (tertiary/aromatic N) is 1. The Morgan fingerprint density at radius 1 is 1.11 bits per heavy atom. The van der Waals surface area contributed by atoms with Gasteiger partial charge in [0, 0.05) is 29.9 Å². The van der Waals surface area contributed by atoms with Crippen LogP contribution in [0.15, 0.2) is 48.5 Å². The smallest absolute Gasteiger partial charge is 0.311 e. The van der Waals surface area contributed by atoms with E-state index in [4.69, 9.17) is 4.74 Å². The van der Waals surface area contributed by atoms with Gasteiger partial charge in [-0.3, -0.25) is 14.9 Å². The van der Waals surface area contributed by atoms with Gasteiger partial charge < -0.3 is 10.1 Å². The fourth-order valence-electron chi connectivity index (χ4n) is 2.31. The summed E-state index contributed by atoms with van der Waals surface area (Å²) in [6.45, 7) is 0.630. The lowest BCUT2D eigenvalue weighted by atomic mass is 10.2. The molecule has 144 valence electrons. The van der Waals surface area contributed by atoms with Gasteiger partial charge in [0.05, 0.1) is 17.8 Å². The first-order valence-corrected chi connectivity index (χ1v) is 10.7. The molecule has 2 rings (SSSR count). The summed E-state index contributed by atoms with van der Waals surface area (Å²) in [4.78, 5) is 22.4. The van der Waals surface area contributed by atoms with Crippen LogP contribution in [0.5, 0.6) is 5.75 Å². The van der Waals surface area contributed by atoms with Gasteiger partial charge in [0.1, 0.15) is 0 Å². The first-order chi connectivity index (χ1) is 13.1. The zero-order valence-corrected chi connectivity index (χ0v) is 16.7. The quantitative estimate of drug-likeness (QED) is 0.346. The molecule has 0 saturated heterocycles. The maximum Gasteiger partial charge on any atom is 0.311 e. The average molecular weight is 407 g/mol. The maximum absolute atomic E-state index is 11.9. The molecular formula is C19H22N2O4S2. The Labute approximate surface area is 167 Å². The van der Waals surface area contributed by atoms with Crippen molar-refractivity contribution in [3.63, 3.8) is 0 Å². The lowest BCUT2D eigenvalue weighted by molar-refractivity contribution is -0.385. The molecule has 0 radical (unpaired) electrons. The molecule has 2 aromatic carbocycles. The molecule has 0 aromatic heterocycles. The van der Waals surface area contributed by atoms with Crippen LogP contribution >= 0.6 is 23.5 Å². The number of nitro benzene ring substituents is 1. The number of methoxy groups -OCH3 is 1. The van der Waals surface area contributed by atoms with Crippen molar-refractivity contribution in [1.82, 2.24) is 5.32 Å². The molecule has 1 N–H and O–H groups in total. The molecule has 0 spiro atoms. The van der Waals surface area contributed by atoms with Gasteiger partial charge in [0.15, 0.2) is 5.75 Å². The van der Waals surface area contributed by atoms with Gasteiger partial charge in [-0.2, -0.15) is 11.8 Å². The normalized spacial score (nSPS) is 10.4. The van der Waals surface area contributed by atoms with E-state index in [1.165, 1.54) is 30.5 Å². The highest BCUT2D eigenvalue weighted by atomic mass is 32.2. The zero-order chi connectivity index (χ0) is 19.5. The Balaban J connectivity index is 1.63. The molecule has 8 heteroatoms. The number of carbonyl (C=O) groups excluding carboxylic acids is 1. The minimum atomic E-state index is -0.465. The number of hydrogen-bond acceptors (Lipinski definition) is 6. The molecule has 27 heavy (non-hydrogen) atoms. The van der Waals surface area contributed by atoms with Crippen molar-refractivity contribution < 1.29 is 14.5 Å². The largest absolute Gasteiger partial charge is 0.490 e. The van der Waals surface area contributed by atoms with E-state index in [1.54, 1.807) is 23.9 Å². The minimum Gasteiger partial charge on any atom is -0.490 e. The summed E-state index contributed by atoms with van der Waals surface area (Å²) in [7, 11) is 1.40. The summed E-state index contributed by atoms with van der Waals surface area (Å²) in [5, 5.41) is 13.9. The summed E-state index contributed by atoms with van der Waals surface area (Å²) in [5.74, 6) is 2.85. The molecule has 0 aliphatic carbocycles. The van der Waals surface area contributed by atoms with E-state index < -0.39 is 4.92 Å². The number of carbonyl (C=O) groups is 1. The van der Waals surface area contributed by atoms with Gasteiger partial charge in [0.2, 0.25) is 5.91 Å². The van der Waals surface area contributed by atoms with Crippen molar-refractivity contribution in [3.05, 3.63) is 69.8 Å². The van der Waals surface area contributed by atoms with Crippen LogP contribution in [0.2, 0.25) is 0 Å². The molecule has 2 aromatic rings. The second-order valence-corrected chi connectivity index (χ2v) is 7.74. The number of hydrogen-bond donors (Lipinski definition) is 1. The van der Waals surface area contributed by atoms with Crippen molar-refractivity contribution in [3.8, 4) is 5.75 Å². The second kappa shape index (κ2) is 11.5. The SMILES string of the molecule is COc1ccc(CSCC(=O)NCCSCc2ccccc2)cc1[N+](=O)[O-]. The molecule has 0 unspecified atom stereocenters. The lowest BCUT2D eigenvalue weighted by Gasteiger charge is -2.07. The molecule has 0 fully saturated rings. The molecule has 0 atom stereocenters. The first kappa shape index (κ1) is 21.1. The average Bonchev–Trinajstić information content (AvgIpc) is 2.68. The van der Waals surface area contributed by atoms with E-state index in [-0.39, 0.29) is 17.3 Å². The number of ether oxygens (including phenoxy) is 1. The van der Waals surface area contributed by atoms with Crippen molar-refractivity contribution in [2.45, 2.75) is 11.5 Å². The van der Waals surface area contributed by atoms with Crippen molar-refractivity contribution in [2.75, 3.05) is 25.2 Å². The van der Waals surface area contributed by atoms with Crippen molar-refractivity contribution in [2.24, 2.45) is 0 Å². The van der Waals surface area contributed by atoms with Gasteiger partial charge >= 0.3 is 5.69 Å². The van der Waals surface area contributed by atoms with Crippen LogP contribution < -0.4 is 10.1 Å². The van der Waals surface area contributed by atoms with Crippen LogP contribution in [0.3, 0.4) is 0 Å². The highest BCUT2D eigenvalue weighted by Gasteiger charge is 2.15. The Hall–Kier alpha value is -2.19. The molecule has 0 saturated carbocycles. The molecule has 6 nitrogen and oxygen atoms in total. The maximum atomic E-state index is 11.9. The monoisotopic (exact) mass is 406 g/mol. The van der Waals surface area contributed by atoms with Crippen LogP contribution in [0, 0.1) is 10.1 Å². The molecule has 0 aliphatic rings. The predicted molar refractivity (Wildman–Crippen MR) is 111 cm³/mol. The minimum absolute atomic E-state index is 0.0247. The third kappa shape index (κ3) is 7.52. The molecular weight excluding hydrogens is 384 g/mol. The highest BCUT2D eigenvalue weighted by Crippen LogP contribution is 2.28. The lowest BCUT2D eigenvalue weighted by Crippen LogP contribution is -2.27. The van der Waals surface area contributed by atoms with E-state index in [9.17, 15) is 14.9 Å². The first-order valence-electron chi connectivity index (χ1n) is 8.37. The van der Waals surface area contributed by atoms with E-state index in [0.29, 0.717) is 18.1 Å². The third-order valence-electron chi connectivity index (χ3n) is 3.62.